The van der Waals surface area contributed by atoms with E-state index < -0.39 is 41.0 Å². The summed E-state index contributed by atoms with van der Waals surface area (Å²) < 4.78 is 101. The Kier molecular flexibility index (Phi) is 3.47. The van der Waals surface area contributed by atoms with E-state index in [1.165, 1.54) is 0 Å². The molecular weight excluding hydrogens is 296 g/mol. The molecule has 1 aromatic heterocycles. The maximum atomic E-state index is 12.9. The van der Waals surface area contributed by atoms with E-state index in [-0.39, 0.29) is 6.20 Å². The van der Waals surface area contributed by atoms with Gasteiger partial charge in [0.25, 0.3) is 6.47 Å². The molecule has 0 bridgehead atoms. The molecule has 0 saturated heterocycles. The van der Waals surface area contributed by atoms with Crippen molar-refractivity contribution in [2.24, 2.45) is 0 Å². The quantitative estimate of drug-likeness (QED) is 0.636. The third kappa shape index (κ3) is 2.61. The number of nitrogens with zero attached hydrogens (tertiary/aromatic N) is 2. The fourth-order valence-electron chi connectivity index (χ4n) is 1.01. The maximum Gasteiger partial charge on any atom is 0.477 e. The lowest BCUT2D eigenvalue weighted by molar-refractivity contribution is -0.329. The van der Waals surface area contributed by atoms with Crippen molar-refractivity contribution in [3.05, 3.63) is 11.8 Å². The number of ether oxygens (including phenoxy) is 1. The molecule has 0 aromatic carbocycles. The van der Waals surface area contributed by atoms with Crippen LogP contribution in [0.1, 0.15) is 5.56 Å². The van der Waals surface area contributed by atoms with Crippen LogP contribution in [0.2, 0.25) is 0 Å². The summed E-state index contributed by atoms with van der Waals surface area (Å²) in [6.07, 6.45) is -11.8. The fraction of sp³-hybridized carbons (Fsp3) is 0.429. The molecule has 0 saturated carbocycles. The molecule has 4 nitrogen and oxygen atoms in total. The first-order chi connectivity index (χ1) is 8.43. The zero-order chi connectivity index (χ0) is 15.1. The van der Waals surface area contributed by atoms with Gasteiger partial charge in [0, 0.05) is 0 Å². The predicted octanol–water partition coefficient (Wildman–Crippen LogP) is 2.55. The third-order valence-corrected chi connectivity index (χ3v) is 1.80. The van der Waals surface area contributed by atoms with Gasteiger partial charge >= 0.3 is 18.4 Å². The van der Waals surface area contributed by atoms with Crippen LogP contribution in [0.25, 0.3) is 0 Å². The topological polar surface area (TPSA) is 44.1 Å². The van der Waals surface area contributed by atoms with Gasteiger partial charge in [0.05, 0.1) is 6.20 Å². The van der Waals surface area contributed by atoms with Crippen molar-refractivity contribution in [2.45, 2.75) is 18.4 Å². The Morgan fingerprint density at radius 1 is 1.11 bits per heavy atom. The van der Waals surface area contributed by atoms with Gasteiger partial charge in [-0.3, -0.25) is 4.79 Å². The fourth-order valence-corrected chi connectivity index (χ4v) is 1.01. The number of rotatable bonds is 3. The van der Waals surface area contributed by atoms with Gasteiger partial charge in [-0.05, 0) is 0 Å². The predicted molar refractivity (Wildman–Crippen MR) is 40.2 cm³/mol. The van der Waals surface area contributed by atoms with Gasteiger partial charge in [-0.2, -0.15) is 44.9 Å². The molecule has 1 rings (SSSR count). The van der Waals surface area contributed by atoms with Crippen LogP contribution in [0.3, 0.4) is 0 Å². The van der Waals surface area contributed by atoms with Crippen LogP contribution in [0.5, 0.6) is 5.88 Å². The molecule has 0 atom stereocenters. The Balaban J connectivity index is 3.46. The Morgan fingerprint density at radius 2 is 1.63 bits per heavy atom. The summed E-state index contributed by atoms with van der Waals surface area (Å²) in [5.74, 6) is -2.05. The van der Waals surface area contributed by atoms with E-state index >= 15 is 0 Å². The molecule has 0 aliphatic rings. The molecule has 0 unspecified atom stereocenters. The lowest BCUT2D eigenvalue weighted by atomic mass is 10.3. The van der Waals surface area contributed by atoms with Crippen LogP contribution in [0.4, 0.5) is 35.1 Å². The molecule has 19 heavy (non-hydrogen) atoms. The number of hydrogen-bond donors (Lipinski definition) is 0. The van der Waals surface area contributed by atoms with Crippen molar-refractivity contribution in [1.29, 1.82) is 0 Å². The summed E-state index contributed by atoms with van der Waals surface area (Å²) in [7, 11) is 0. The molecule has 0 aliphatic carbocycles. The highest BCUT2D eigenvalue weighted by atomic mass is 19.4. The third-order valence-electron chi connectivity index (χ3n) is 1.80. The average molecular weight is 298 g/mol. The Hall–Kier alpha value is -1.88. The minimum Gasteiger partial charge on any atom is -0.409 e. The molecule has 12 heteroatoms. The average Bonchev–Trinajstić information content (AvgIpc) is 2.60. The number of carbonyl (C=O) groups excluding carboxylic acids is 1. The van der Waals surface area contributed by atoms with Crippen LogP contribution < -0.4 is 4.74 Å². The van der Waals surface area contributed by atoms with Gasteiger partial charge < -0.3 is 4.74 Å². The second kappa shape index (κ2) is 4.35. The minimum atomic E-state index is -6.22. The lowest BCUT2D eigenvalue weighted by Gasteiger charge is -2.20. The number of alkyl halides is 8. The van der Waals surface area contributed by atoms with Gasteiger partial charge in [0.2, 0.25) is 5.88 Å². The summed E-state index contributed by atoms with van der Waals surface area (Å²) >= 11 is 0. The molecule has 1 aromatic rings. The summed E-state index contributed by atoms with van der Waals surface area (Å²) in [5.41, 5.74) is -2.04. The van der Waals surface area contributed by atoms with Crippen molar-refractivity contribution >= 4 is 6.47 Å². The SMILES string of the molecule is O=COc1c(C(F)(F)F)cnn1C(F)(F)C(F)(F)F. The molecule has 0 fully saturated rings. The molecule has 0 N–H and O–H groups in total. The molecule has 1 heterocycles. The minimum absolute atomic E-state index is 0.307. The number of carbonyl (C=O) groups is 1. The summed E-state index contributed by atoms with van der Waals surface area (Å²) in [4.78, 5) is 9.92. The Morgan fingerprint density at radius 3 is 2.00 bits per heavy atom. The van der Waals surface area contributed by atoms with E-state index in [2.05, 4.69) is 9.84 Å². The second-order valence-corrected chi connectivity index (χ2v) is 3.03. The van der Waals surface area contributed by atoms with Gasteiger partial charge in [0.1, 0.15) is 5.56 Å². The van der Waals surface area contributed by atoms with E-state index in [0.29, 0.717) is 0 Å². The molecule has 0 amide bonds. The molecule has 0 radical (unpaired) electrons. The Bertz CT molecular complexity index is 474. The lowest BCUT2D eigenvalue weighted by Crippen LogP contribution is -2.40. The molecule has 0 spiro atoms. The highest BCUT2D eigenvalue weighted by molar-refractivity contribution is 5.46. The monoisotopic (exact) mass is 298 g/mol. The first kappa shape index (κ1) is 15.2. The standard InChI is InChI=1S/C7H2F8N2O2/c8-5(9,10)3-1-16-17(4(3)19-2-18)7(14,15)6(11,12)13/h1-2H. The highest BCUT2D eigenvalue weighted by Crippen LogP contribution is 2.45. The van der Waals surface area contributed by atoms with Crippen molar-refractivity contribution in [1.82, 2.24) is 9.78 Å². The van der Waals surface area contributed by atoms with Gasteiger partial charge in [-0.15, -0.1) is 0 Å². The van der Waals surface area contributed by atoms with Crippen LogP contribution in [0.15, 0.2) is 6.20 Å². The highest BCUT2D eigenvalue weighted by Gasteiger charge is 2.62. The van der Waals surface area contributed by atoms with Crippen LogP contribution >= 0.6 is 0 Å². The summed E-state index contributed by atoms with van der Waals surface area (Å²) in [5, 5.41) is 2.28. The van der Waals surface area contributed by atoms with Crippen molar-refractivity contribution < 1.29 is 44.7 Å². The van der Waals surface area contributed by atoms with E-state index in [1.54, 1.807) is 0 Å². The van der Waals surface area contributed by atoms with Crippen molar-refractivity contribution in [2.75, 3.05) is 0 Å². The zero-order valence-electron chi connectivity index (χ0n) is 8.39. The second-order valence-electron chi connectivity index (χ2n) is 3.03. The van der Waals surface area contributed by atoms with Crippen LogP contribution in [-0.2, 0) is 17.0 Å². The first-order valence-electron chi connectivity index (χ1n) is 4.13. The number of aromatic nitrogens is 2. The van der Waals surface area contributed by atoms with Crippen LogP contribution in [-0.4, -0.2) is 22.4 Å². The van der Waals surface area contributed by atoms with E-state index in [0.717, 1.165) is 0 Å². The molecule has 108 valence electrons. The largest absolute Gasteiger partial charge is 0.477 e. The normalized spacial score (nSPS) is 13.5. The number of hydrogen-bond acceptors (Lipinski definition) is 3. The molecular formula is C7H2F8N2O2. The maximum absolute atomic E-state index is 12.9. The van der Waals surface area contributed by atoms with Gasteiger partial charge in [-0.1, -0.05) is 0 Å². The van der Waals surface area contributed by atoms with Gasteiger partial charge in [-0.25, -0.2) is 0 Å². The van der Waals surface area contributed by atoms with E-state index in [1.807, 2.05) is 0 Å². The van der Waals surface area contributed by atoms with Crippen molar-refractivity contribution in [3.8, 4) is 5.88 Å². The summed E-state index contributed by atoms with van der Waals surface area (Å²) in [6, 6.07) is -5.77. The zero-order valence-corrected chi connectivity index (χ0v) is 8.39. The van der Waals surface area contributed by atoms with Crippen LogP contribution in [0, 0.1) is 0 Å². The Labute approximate surface area is 98.1 Å². The number of halogens is 8. The van der Waals surface area contributed by atoms with E-state index in [4.69, 9.17) is 0 Å². The van der Waals surface area contributed by atoms with Crippen molar-refractivity contribution in [3.63, 3.8) is 0 Å². The first-order valence-corrected chi connectivity index (χ1v) is 4.13. The molecule has 0 aliphatic heterocycles. The van der Waals surface area contributed by atoms with Gasteiger partial charge in [0.15, 0.2) is 0 Å². The van der Waals surface area contributed by atoms with E-state index in [9.17, 15) is 39.9 Å². The smallest absolute Gasteiger partial charge is 0.409 e. The summed E-state index contributed by atoms with van der Waals surface area (Å²) in [6.45, 7) is -0.727.